The predicted molar refractivity (Wildman–Crippen MR) is 54.8 cm³/mol. The largest absolute Gasteiger partial charge is 0.378 e. The Morgan fingerprint density at radius 1 is 1.57 bits per heavy atom. The van der Waals surface area contributed by atoms with Gasteiger partial charge in [-0.05, 0) is 11.8 Å². The highest BCUT2D eigenvalue weighted by atomic mass is 16.5. The number of carbonyl (C=O) groups excluding carboxylic acids is 1. The smallest absolute Gasteiger partial charge is 0.223 e. The molecule has 0 heterocycles. The van der Waals surface area contributed by atoms with Crippen molar-refractivity contribution in [3.8, 4) is 0 Å². The summed E-state index contributed by atoms with van der Waals surface area (Å²) in [5.74, 6) is 0.364. The molecular weight excluding hydrogens is 180 g/mol. The second-order valence-electron chi connectivity index (χ2n) is 4.44. The summed E-state index contributed by atoms with van der Waals surface area (Å²) >= 11 is 0. The highest BCUT2D eigenvalue weighted by molar-refractivity contribution is 5.82. The minimum atomic E-state index is 0.159. The van der Waals surface area contributed by atoms with E-state index in [0.29, 0.717) is 26.3 Å². The third-order valence-electron chi connectivity index (χ3n) is 2.64. The monoisotopic (exact) mass is 200 g/mol. The van der Waals surface area contributed by atoms with Crippen LogP contribution in [0.2, 0.25) is 0 Å². The topological polar surface area (TPSA) is 64.3 Å². The number of nitrogens with two attached hydrogens (primary N) is 1. The SMILES string of the molecule is CC1(C)CC1C(=O)NCCOCCN. The average molecular weight is 200 g/mol. The molecule has 1 aliphatic carbocycles. The first kappa shape index (κ1) is 11.5. The third kappa shape index (κ3) is 3.27. The number of ether oxygens (including phenoxy) is 1. The third-order valence-corrected chi connectivity index (χ3v) is 2.64. The van der Waals surface area contributed by atoms with Gasteiger partial charge in [0, 0.05) is 19.0 Å². The van der Waals surface area contributed by atoms with Crippen molar-refractivity contribution >= 4 is 5.91 Å². The van der Waals surface area contributed by atoms with Crippen LogP contribution in [0.25, 0.3) is 0 Å². The van der Waals surface area contributed by atoms with Crippen LogP contribution in [0.5, 0.6) is 0 Å². The van der Waals surface area contributed by atoms with E-state index in [1.165, 1.54) is 0 Å². The van der Waals surface area contributed by atoms with Gasteiger partial charge in [0.1, 0.15) is 0 Å². The molecule has 0 saturated heterocycles. The molecule has 14 heavy (non-hydrogen) atoms. The standard InChI is InChI=1S/C10H20N2O2/c1-10(2)7-8(10)9(13)12-4-6-14-5-3-11/h8H,3-7,11H2,1-2H3,(H,12,13). The number of rotatable bonds is 6. The summed E-state index contributed by atoms with van der Waals surface area (Å²) < 4.78 is 5.15. The van der Waals surface area contributed by atoms with Crippen molar-refractivity contribution < 1.29 is 9.53 Å². The summed E-state index contributed by atoms with van der Waals surface area (Å²) in [6.45, 7) is 6.46. The van der Waals surface area contributed by atoms with Crippen molar-refractivity contribution in [2.75, 3.05) is 26.3 Å². The van der Waals surface area contributed by atoms with E-state index in [1.807, 2.05) is 0 Å². The van der Waals surface area contributed by atoms with Crippen molar-refractivity contribution in [3.63, 3.8) is 0 Å². The molecule has 0 aromatic carbocycles. The van der Waals surface area contributed by atoms with Gasteiger partial charge in [-0.2, -0.15) is 0 Å². The van der Waals surface area contributed by atoms with Gasteiger partial charge in [0.25, 0.3) is 0 Å². The molecule has 1 saturated carbocycles. The van der Waals surface area contributed by atoms with Crippen LogP contribution in [0.3, 0.4) is 0 Å². The normalized spacial score (nSPS) is 23.2. The van der Waals surface area contributed by atoms with Crippen LogP contribution in [0.4, 0.5) is 0 Å². The Bertz CT molecular complexity index is 204. The maximum absolute atomic E-state index is 11.5. The molecule has 0 bridgehead atoms. The zero-order valence-electron chi connectivity index (χ0n) is 9.01. The minimum Gasteiger partial charge on any atom is -0.378 e. The van der Waals surface area contributed by atoms with Gasteiger partial charge in [-0.1, -0.05) is 13.8 Å². The molecule has 0 aromatic rings. The van der Waals surface area contributed by atoms with E-state index >= 15 is 0 Å². The zero-order chi connectivity index (χ0) is 10.6. The molecule has 0 radical (unpaired) electrons. The summed E-state index contributed by atoms with van der Waals surface area (Å²) in [5, 5.41) is 2.85. The lowest BCUT2D eigenvalue weighted by molar-refractivity contribution is -0.123. The number of hydrogen-bond acceptors (Lipinski definition) is 3. The fraction of sp³-hybridized carbons (Fsp3) is 0.900. The lowest BCUT2D eigenvalue weighted by Gasteiger charge is -2.06. The van der Waals surface area contributed by atoms with E-state index in [4.69, 9.17) is 10.5 Å². The molecule has 0 aliphatic heterocycles. The van der Waals surface area contributed by atoms with Crippen LogP contribution in [-0.4, -0.2) is 32.2 Å². The molecule has 1 amide bonds. The molecule has 1 unspecified atom stereocenters. The average Bonchev–Trinajstić information content (AvgIpc) is 2.75. The first-order valence-electron chi connectivity index (χ1n) is 5.13. The van der Waals surface area contributed by atoms with Crippen molar-refractivity contribution in [2.45, 2.75) is 20.3 Å². The summed E-state index contributed by atoms with van der Waals surface area (Å²) in [7, 11) is 0. The maximum atomic E-state index is 11.5. The van der Waals surface area contributed by atoms with Gasteiger partial charge in [0.05, 0.1) is 13.2 Å². The first-order chi connectivity index (χ1) is 6.58. The van der Waals surface area contributed by atoms with Crippen LogP contribution in [0.1, 0.15) is 20.3 Å². The molecule has 82 valence electrons. The molecule has 3 N–H and O–H groups in total. The lowest BCUT2D eigenvalue weighted by atomic mass is 10.1. The number of hydrogen-bond donors (Lipinski definition) is 2. The van der Waals surface area contributed by atoms with E-state index in [1.54, 1.807) is 0 Å². The second-order valence-corrected chi connectivity index (χ2v) is 4.44. The van der Waals surface area contributed by atoms with Crippen molar-refractivity contribution in [3.05, 3.63) is 0 Å². The Kier molecular flexibility index (Phi) is 3.89. The van der Waals surface area contributed by atoms with Crippen LogP contribution in [-0.2, 0) is 9.53 Å². The minimum absolute atomic E-state index is 0.159. The molecule has 0 aromatic heterocycles. The Morgan fingerprint density at radius 3 is 2.71 bits per heavy atom. The molecule has 1 atom stereocenters. The molecule has 1 rings (SSSR count). The lowest BCUT2D eigenvalue weighted by Crippen LogP contribution is -2.30. The van der Waals surface area contributed by atoms with Gasteiger partial charge >= 0.3 is 0 Å². The highest BCUT2D eigenvalue weighted by Crippen LogP contribution is 2.51. The van der Waals surface area contributed by atoms with Crippen molar-refractivity contribution in [1.82, 2.24) is 5.32 Å². The Morgan fingerprint density at radius 2 is 2.21 bits per heavy atom. The Labute approximate surface area is 85.2 Å². The van der Waals surface area contributed by atoms with Crippen LogP contribution in [0.15, 0.2) is 0 Å². The quantitative estimate of drug-likeness (QED) is 0.599. The summed E-state index contributed by atoms with van der Waals surface area (Å²) in [6.07, 6.45) is 1.00. The van der Waals surface area contributed by atoms with Crippen molar-refractivity contribution in [1.29, 1.82) is 0 Å². The van der Waals surface area contributed by atoms with E-state index in [9.17, 15) is 4.79 Å². The highest BCUT2D eigenvalue weighted by Gasteiger charge is 2.50. The molecular formula is C10H20N2O2. The maximum Gasteiger partial charge on any atom is 0.223 e. The van der Waals surface area contributed by atoms with Crippen LogP contribution >= 0.6 is 0 Å². The predicted octanol–water partition coefficient (Wildman–Crippen LogP) is 0.124. The van der Waals surface area contributed by atoms with Gasteiger partial charge < -0.3 is 15.8 Å². The van der Waals surface area contributed by atoms with Gasteiger partial charge in [-0.25, -0.2) is 0 Å². The fourth-order valence-electron chi connectivity index (χ4n) is 1.47. The Balaban J connectivity index is 2.00. The van der Waals surface area contributed by atoms with Crippen LogP contribution in [0, 0.1) is 11.3 Å². The van der Waals surface area contributed by atoms with E-state index < -0.39 is 0 Å². The van der Waals surface area contributed by atoms with E-state index in [2.05, 4.69) is 19.2 Å². The first-order valence-corrected chi connectivity index (χ1v) is 5.13. The van der Waals surface area contributed by atoms with E-state index in [-0.39, 0.29) is 17.2 Å². The van der Waals surface area contributed by atoms with Crippen molar-refractivity contribution in [2.24, 2.45) is 17.1 Å². The number of carbonyl (C=O) groups is 1. The molecule has 0 spiro atoms. The van der Waals surface area contributed by atoms with Gasteiger partial charge in [-0.3, -0.25) is 4.79 Å². The van der Waals surface area contributed by atoms with Gasteiger partial charge in [0.2, 0.25) is 5.91 Å². The zero-order valence-corrected chi connectivity index (χ0v) is 9.01. The molecule has 4 nitrogen and oxygen atoms in total. The Hall–Kier alpha value is -0.610. The molecule has 1 aliphatic rings. The fourth-order valence-corrected chi connectivity index (χ4v) is 1.47. The van der Waals surface area contributed by atoms with Crippen LogP contribution < -0.4 is 11.1 Å². The van der Waals surface area contributed by atoms with Gasteiger partial charge in [0.15, 0.2) is 0 Å². The molecule has 4 heteroatoms. The second kappa shape index (κ2) is 4.75. The molecule has 1 fully saturated rings. The van der Waals surface area contributed by atoms with E-state index in [0.717, 1.165) is 6.42 Å². The summed E-state index contributed by atoms with van der Waals surface area (Å²) in [6, 6.07) is 0. The van der Waals surface area contributed by atoms with Gasteiger partial charge in [-0.15, -0.1) is 0 Å². The number of nitrogens with one attached hydrogen (secondary N) is 1. The number of amides is 1. The summed E-state index contributed by atoms with van der Waals surface area (Å²) in [4.78, 5) is 11.5. The summed E-state index contributed by atoms with van der Waals surface area (Å²) in [5.41, 5.74) is 5.46.